The molecule has 1 aliphatic heterocycles. The number of hydrogen-bond acceptors (Lipinski definition) is 3. The van der Waals surface area contributed by atoms with Crippen LogP contribution in [0.15, 0.2) is 140 Å². The number of nitrogens with zero attached hydrogens (tertiary/aromatic N) is 3. The Morgan fingerprint density at radius 2 is 1.26 bits per heavy atom. The maximum absolute atomic E-state index is 5.19. The van der Waals surface area contributed by atoms with Crippen molar-refractivity contribution in [2.24, 2.45) is 0 Å². The van der Waals surface area contributed by atoms with Crippen molar-refractivity contribution in [2.75, 3.05) is 0 Å². The molecule has 0 saturated carbocycles. The molecule has 47 heavy (non-hydrogen) atoms. The van der Waals surface area contributed by atoms with Crippen LogP contribution in [0.25, 0.3) is 81.6 Å². The van der Waals surface area contributed by atoms with Crippen LogP contribution in [-0.2, 0) is 5.41 Å². The molecule has 0 spiro atoms. The molecule has 3 nitrogen and oxygen atoms in total. The van der Waals surface area contributed by atoms with Crippen LogP contribution in [0.3, 0.4) is 0 Å². The van der Waals surface area contributed by atoms with Crippen molar-refractivity contribution in [3.63, 3.8) is 0 Å². The molecule has 0 aliphatic carbocycles. The summed E-state index contributed by atoms with van der Waals surface area (Å²) < 4.78 is 3.89. The van der Waals surface area contributed by atoms with E-state index in [1.807, 2.05) is 35.6 Å². The third kappa shape index (κ3) is 3.73. The molecule has 9 aromatic rings. The molecule has 0 N–H and O–H groups in total. The van der Waals surface area contributed by atoms with E-state index in [0.717, 1.165) is 33.5 Å². The molecule has 4 heterocycles. The van der Waals surface area contributed by atoms with Gasteiger partial charge in [-0.1, -0.05) is 135 Å². The van der Waals surface area contributed by atoms with Crippen molar-refractivity contribution in [2.45, 2.75) is 19.3 Å². The van der Waals surface area contributed by atoms with Gasteiger partial charge in [-0.3, -0.25) is 4.57 Å². The summed E-state index contributed by atoms with van der Waals surface area (Å²) in [5, 5.41) is 5.07. The predicted molar refractivity (Wildman–Crippen MR) is 198 cm³/mol. The maximum Gasteiger partial charge on any atom is 0.160 e. The summed E-state index contributed by atoms with van der Waals surface area (Å²) in [6.45, 7) is 4.75. The first-order valence-corrected chi connectivity index (χ1v) is 16.9. The highest BCUT2D eigenvalue weighted by atomic mass is 32.1. The molecule has 222 valence electrons. The van der Waals surface area contributed by atoms with Crippen LogP contribution >= 0.6 is 11.3 Å². The van der Waals surface area contributed by atoms with Crippen LogP contribution < -0.4 is 0 Å². The van der Waals surface area contributed by atoms with Gasteiger partial charge in [0.25, 0.3) is 0 Å². The van der Waals surface area contributed by atoms with Gasteiger partial charge in [0.2, 0.25) is 0 Å². The lowest BCUT2D eigenvalue weighted by Gasteiger charge is -2.35. The van der Waals surface area contributed by atoms with E-state index in [4.69, 9.17) is 9.97 Å². The van der Waals surface area contributed by atoms with Crippen molar-refractivity contribution in [1.29, 1.82) is 0 Å². The zero-order chi connectivity index (χ0) is 31.3. The molecule has 0 atom stereocenters. The van der Waals surface area contributed by atoms with Crippen LogP contribution in [0.4, 0.5) is 0 Å². The molecule has 4 heteroatoms. The molecule has 3 aromatic heterocycles. The van der Waals surface area contributed by atoms with Gasteiger partial charge in [-0.05, 0) is 34.9 Å². The van der Waals surface area contributed by atoms with Gasteiger partial charge < -0.3 is 0 Å². The van der Waals surface area contributed by atoms with Crippen LogP contribution in [0, 0.1) is 0 Å². The summed E-state index contributed by atoms with van der Waals surface area (Å²) in [6.07, 6.45) is 0. The Labute approximate surface area is 276 Å². The number of aromatic nitrogens is 3. The molecule has 0 bridgehead atoms. The second kappa shape index (κ2) is 9.71. The van der Waals surface area contributed by atoms with Crippen LogP contribution in [0.1, 0.15) is 25.0 Å². The molecule has 10 rings (SSSR count). The Balaban J connectivity index is 1.25. The van der Waals surface area contributed by atoms with Gasteiger partial charge in [-0.15, -0.1) is 11.3 Å². The van der Waals surface area contributed by atoms with E-state index < -0.39 is 0 Å². The Bertz CT molecular complexity index is 2710. The summed E-state index contributed by atoms with van der Waals surface area (Å²) in [6, 6.07) is 50.1. The normalized spacial score (nSPS) is 13.5. The van der Waals surface area contributed by atoms with E-state index in [1.54, 1.807) is 0 Å². The third-order valence-corrected chi connectivity index (χ3v) is 11.2. The Morgan fingerprint density at radius 1 is 0.574 bits per heavy atom. The number of para-hydroxylation sites is 3. The van der Waals surface area contributed by atoms with E-state index in [0.29, 0.717) is 0 Å². The standard InChI is InChI=1S/C43H29N3S/c1-43(2)33-21-11-19-29(39(33)46-40-32(20-12-22-34(40)43)37-31-18-7-9-24-36(31)47-42(37)46)27-15-10-16-28(25-27)38-30-17-6-8-23-35(30)44-41(45-38)26-13-4-3-5-14-26/h3-25H,1-2H3. The van der Waals surface area contributed by atoms with Gasteiger partial charge in [-0.25, -0.2) is 9.97 Å². The molecular formula is C43H29N3S. The second-order valence-corrected chi connectivity index (χ2v) is 14.0. The minimum absolute atomic E-state index is 0.165. The minimum Gasteiger partial charge on any atom is -0.299 e. The van der Waals surface area contributed by atoms with Crippen molar-refractivity contribution >= 4 is 53.4 Å². The van der Waals surface area contributed by atoms with Crippen molar-refractivity contribution in [1.82, 2.24) is 14.5 Å². The molecule has 0 saturated heterocycles. The fourth-order valence-electron chi connectivity index (χ4n) is 7.77. The highest BCUT2D eigenvalue weighted by molar-refractivity contribution is 7.25. The first kappa shape index (κ1) is 26.6. The van der Waals surface area contributed by atoms with Gasteiger partial charge in [0.1, 0.15) is 4.83 Å². The maximum atomic E-state index is 5.19. The molecule has 0 amide bonds. The first-order valence-electron chi connectivity index (χ1n) is 16.1. The average Bonchev–Trinajstić information content (AvgIpc) is 3.65. The highest BCUT2D eigenvalue weighted by Gasteiger charge is 2.37. The van der Waals surface area contributed by atoms with E-state index in [9.17, 15) is 0 Å². The van der Waals surface area contributed by atoms with Gasteiger partial charge >= 0.3 is 0 Å². The largest absolute Gasteiger partial charge is 0.299 e. The number of hydrogen-bond donors (Lipinski definition) is 0. The summed E-state index contributed by atoms with van der Waals surface area (Å²) in [5.41, 5.74) is 11.5. The lowest BCUT2D eigenvalue weighted by atomic mass is 9.73. The average molecular weight is 620 g/mol. The van der Waals surface area contributed by atoms with Gasteiger partial charge in [0.05, 0.1) is 22.4 Å². The fraction of sp³-hybridized carbons (Fsp3) is 0.0698. The SMILES string of the molecule is CC1(C)c2cccc(-c3cccc(-c4nc(-c5ccccc5)nc5ccccc45)c3)c2-n2c3sc4ccccc4c3c3cccc1c32. The summed E-state index contributed by atoms with van der Waals surface area (Å²) in [5.74, 6) is 0.738. The van der Waals surface area contributed by atoms with E-state index in [2.05, 4.69) is 134 Å². The smallest absolute Gasteiger partial charge is 0.160 e. The van der Waals surface area contributed by atoms with Crippen LogP contribution in [-0.4, -0.2) is 14.5 Å². The number of thiophene rings is 1. The van der Waals surface area contributed by atoms with Gasteiger partial charge in [0, 0.05) is 48.4 Å². The van der Waals surface area contributed by atoms with Crippen molar-refractivity contribution in [3.05, 3.63) is 151 Å². The van der Waals surface area contributed by atoms with Gasteiger partial charge in [-0.2, -0.15) is 0 Å². The first-order chi connectivity index (χ1) is 23.1. The Kier molecular flexibility index (Phi) is 5.50. The monoisotopic (exact) mass is 619 g/mol. The second-order valence-electron chi connectivity index (χ2n) is 13.0. The van der Waals surface area contributed by atoms with E-state index in [1.165, 1.54) is 59.1 Å². The molecule has 6 aromatic carbocycles. The summed E-state index contributed by atoms with van der Waals surface area (Å²) >= 11 is 1.90. The molecule has 1 aliphatic rings. The zero-order valence-corrected chi connectivity index (χ0v) is 26.8. The molecular weight excluding hydrogens is 591 g/mol. The number of fused-ring (bicyclic) bond motifs is 8. The lowest BCUT2D eigenvalue weighted by molar-refractivity contribution is 0.631. The Hall–Kier alpha value is -5.58. The molecule has 0 unspecified atom stereocenters. The Morgan fingerprint density at radius 3 is 2.15 bits per heavy atom. The van der Waals surface area contributed by atoms with Crippen LogP contribution in [0.5, 0.6) is 0 Å². The summed E-state index contributed by atoms with van der Waals surface area (Å²) in [4.78, 5) is 11.5. The number of benzene rings is 6. The molecule has 0 fully saturated rings. The fourth-order valence-corrected chi connectivity index (χ4v) is 9.00. The minimum atomic E-state index is -0.165. The van der Waals surface area contributed by atoms with Crippen LogP contribution in [0.2, 0.25) is 0 Å². The zero-order valence-electron chi connectivity index (χ0n) is 26.0. The number of rotatable bonds is 3. The van der Waals surface area contributed by atoms with E-state index >= 15 is 0 Å². The lowest BCUT2D eigenvalue weighted by Crippen LogP contribution is -2.26. The summed E-state index contributed by atoms with van der Waals surface area (Å²) in [7, 11) is 0. The van der Waals surface area contributed by atoms with E-state index in [-0.39, 0.29) is 5.41 Å². The molecule has 0 radical (unpaired) electrons. The van der Waals surface area contributed by atoms with Crippen molar-refractivity contribution < 1.29 is 0 Å². The topological polar surface area (TPSA) is 30.7 Å². The van der Waals surface area contributed by atoms with Crippen molar-refractivity contribution in [3.8, 4) is 39.5 Å². The highest BCUT2D eigenvalue weighted by Crippen LogP contribution is 2.52. The predicted octanol–water partition coefficient (Wildman–Crippen LogP) is 11.6. The quantitative estimate of drug-likeness (QED) is 0.197. The van der Waals surface area contributed by atoms with Gasteiger partial charge in [0.15, 0.2) is 5.82 Å². The third-order valence-electron chi connectivity index (χ3n) is 10.00.